The van der Waals surface area contributed by atoms with E-state index in [0.717, 1.165) is 5.56 Å². The van der Waals surface area contributed by atoms with Crippen LogP contribution in [0, 0.1) is 6.92 Å². The molecule has 4 nitrogen and oxygen atoms in total. The molecule has 0 bridgehead atoms. The molecule has 0 aliphatic rings. The minimum atomic E-state index is -0.209. The second-order valence-corrected chi connectivity index (χ2v) is 4.03. The molecule has 2 aromatic carbocycles. The number of hydrogen-bond acceptors (Lipinski definition) is 4. The molecule has 0 saturated carbocycles. The van der Waals surface area contributed by atoms with E-state index < -0.39 is 0 Å². The Morgan fingerprint density at radius 3 is 1.68 bits per heavy atom. The average Bonchev–Trinajstić information content (AvgIpc) is 2.43. The summed E-state index contributed by atoms with van der Waals surface area (Å²) in [6.07, 6.45) is 0. The molecule has 0 fully saturated rings. The summed E-state index contributed by atoms with van der Waals surface area (Å²) in [5.41, 5.74) is 1.81. The minimum absolute atomic E-state index is 0.0162. The number of aryl methyl sites for hydroxylation is 1. The zero-order valence-corrected chi connectivity index (χ0v) is 10.7. The molecule has 0 heterocycles. The first kappa shape index (κ1) is 15.0. The summed E-state index contributed by atoms with van der Waals surface area (Å²) in [4.78, 5) is 0. The lowest BCUT2D eigenvalue weighted by molar-refractivity contribution is 0.264. The number of benzene rings is 2. The summed E-state index contributed by atoms with van der Waals surface area (Å²) in [5.74, 6) is 0.352. The SMILES string of the molecule is Cc1ccccc1O.OCc1cccc(CO)c1O. The normalized spacial score (nSPS) is 9.63. The zero-order chi connectivity index (χ0) is 14.3. The van der Waals surface area contributed by atoms with E-state index in [1.54, 1.807) is 24.3 Å². The van der Waals surface area contributed by atoms with Crippen molar-refractivity contribution >= 4 is 0 Å². The standard InChI is InChI=1S/C8H10O3.C7H8O/c9-4-6-2-1-3-7(5-10)8(6)11;1-6-4-2-3-5-7(6)8/h1-3,9-11H,4-5H2;2-5,8H,1H3. The first-order valence-electron chi connectivity index (χ1n) is 5.86. The van der Waals surface area contributed by atoms with E-state index in [0.29, 0.717) is 16.9 Å². The van der Waals surface area contributed by atoms with Gasteiger partial charge in [-0.2, -0.15) is 0 Å². The second-order valence-electron chi connectivity index (χ2n) is 4.03. The fraction of sp³-hybridized carbons (Fsp3) is 0.200. The first-order valence-corrected chi connectivity index (χ1v) is 5.86. The van der Waals surface area contributed by atoms with Crippen molar-refractivity contribution in [1.82, 2.24) is 0 Å². The largest absolute Gasteiger partial charge is 0.508 e. The van der Waals surface area contributed by atoms with Crippen LogP contribution in [-0.4, -0.2) is 20.4 Å². The van der Waals surface area contributed by atoms with E-state index in [1.807, 2.05) is 25.1 Å². The van der Waals surface area contributed by atoms with Crippen molar-refractivity contribution in [3.8, 4) is 11.5 Å². The topological polar surface area (TPSA) is 80.9 Å². The number of rotatable bonds is 2. The van der Waals surface area contributed by atoms with Crippen molar-refractivity contribution in [2.45, 2.75) is 20.1 Å². The van der Waals surface area contributed by atoms with E-state index in [-0.39, 0.29) is 19.0 Å². The highest BCUT2D eigenvalue weighted by molar-refractivity contribution is 5.39. The van der Waals surface area contributed by atoms with Gasteiger partial charge < -0.3 is 20.4 Å². The first-order chi connectivity index (χ1) is 9.10. The van der Waals surface area contributed by atoms with Gasteiger partial charge in [0.15, 0.2) is 0 Å². The van der Waals surface area contributed by atoms with Crippen LogP contribution in [0.5, 0.6) is 11.5 Å². The summed E-state index contributed by atoms with van der Waals surface area (Å²) in [6.45, 7) is 1.45. The Kier molecular flexibility index (Phi) is 5.85. The number of para-hydroxylation sites is 2. The Morgan fingerprint density at radius 2 is 1.32 bits per heavy atom. The molecule has 102 valence electrons. The van der Waals surface area contributed by atoms with E-state index >= 15 is 0 Å². The average molecular weight is 262 g/mol. The molecule has 0 amide bonds. The maximum atomic E-state index is 9.27. The predicted octanol–water partition coefficient (Wildman–Crippen LogP) is 2.08. The van der Waals surface area contributed by atoms with Crippen molar-refractivity contribution in [2.24, 2.45) is 0 Å². The smallest absolute Gasteiger partial charge is 0.126 e. The molecular formula is C15H18O4. The molecule has 4 heteroatoms. The Bertz CT molecular complexity index is 480. The van der Waals surface area contributed by atoms with Gasteiger partial charge in [-0.1, -0.05) is 36.4 Å². The lowest BCUT2D eigenvalue weighted by Crippen LogP contribution is -1.89. The van der Waals surface area contributed by atoms with E-state index in [2.05, 4.69) is 0 Å². The van der Waals surface area contributed by atoms with E-state index in [4.69, 9.17) is 15.3 Å². The van der Waals surface area contributed by atoms with Gasteiger partial charge in [0.05, 0.1) is 13.2 Å². The van der Waals surface area contributed by atoms with Gasteiger partial charge in [0.25, 0.3) is 0 Å². The third kappa shape index (κ3) is 4.28. The summed E-state index contributed by atoms with van der Waals surface area (Å²) < 4.78 is 0. The quantitative estimate of drug-likeness (QED) is 0.668. The molecule has 0 saturated heterocycles. The number of aliphatic hydroxyl groups excluding tert-OH is 2. The second kappa shape index (κ2) is 7.41. The van der Waals surface area contributed by atoms with Crippen LogP contribution < -0.4 is 0 Å². The van der Waals surface area contributed by atoms with Crippen molar-refractivity contribution in [3.05, 3.63) is 59.2 Å². The van der Waals surface area contributed by atoms with Crippen molar-refractivity contribution in [3.63, 3.8) is 0 Å². The van der Waals surface area contributed by atoms with Crippen molar-refractivity contribution in [1.29, 1.82) is 0 Å². The number of phenols is 2. The van der Waals surface area contributed by atoms with Crippen LogP contribution in [0.2, 0.25) is 0 Å². The molecule has 2 rings (SSSR count). The molecule has 0 atom stereocenters. The zero-order valence-electron chi connectivity index (χ0n) is 10.7. The number of phenolic OH excluding ortho intramolecular Hbond substituents is 1. The van der Waals surface area contributed by atoms with Gasteiger partial charge in [-0.15, -0.1) is 0 Å². The monoisotopic (exact) mass is 262 g/mol. The molecule has 2 aromatic rings. The molecule has 0 aliphatic heterocycles. The third-order valence-electron chi connectivity index (χ3n) is 2.66. The molecule has 0 radical (unpaired) electrons. The van der Waals surface area contributed by atoms with Gasteiger partial charge in [-0.05, 0) is 18.6 Å². The predicted molar refractivity (Wildman–Crippen MR) is 72.8 cm³/mol. The van der Waals surface area contributed by atoms with Gasteiger partial charge >= 0.3 is 0 Å². The molecule has 0 unspecified atom stereocenters. The summed E-state index contributed by atoms with van der Waals surface area (Å²) in [5, 5.41) is 35.6. The Labute approximate surface area is 112 Å². The van der Waals surface area contributed by atoms with E-state index in [1.165, 1.54) is 0 Å². The van der Waals surface area contributed by atoms with Gasteiger partial charge in [0.2, 0.25) is 0 Å². The number of aromatic hydroxyl groups is 2. The van der Waals surface area contributed by atoms with Crippen LogP contribution in [0.15, 0.2) is 42.5 Å². The lowest BCUT2D eigenvalue weighted by atomic mass is 10.1. The van der Waals surface area contributed by atoms with Crippen LogP contribution in [0.1, 0.15) is 16.7 Å². The van der Waals surface area contributed by atoms with Crippen LogP contribution in [0.25, 0.3) is 0 Å². The highest BCUT2D eigenvalue weighted by atomic mass is 16.3. The third-order valence-corrected chi connectivity index (χ3v) is 2.66. The van der Waals surface area contributed by atoms with Crippen molar-refractivity contribution in [2.75, 3.05) is 0 Å². The van der Waals surface area contributed by atoms with E-state index in [9.17, 15) is 5.11 Å². The molecular weight excluding hydrogens is 244 g/mol. The highest BCUT2D eigenvalue weighted by Crippen LogP contribution is 2.21. The Morgan fingerprint density at radius 1 is 0.789 bits per heavy atom. The number of hydrogen-bond donors (Lipinski definition) is 4. The maximum Gasteiger partial charge on any atom is 0.126 e. The molecule has 19 heavy (non-hydrogen) atoms. The van der Waals surface area contributed by atoms with Crippen LogP contribution >= 0.6 is 0 Å². The summed E-state index contributed by atoms with van der Waals surface area (Å²) in [6, 6.07) is 12.1. The fourth-order valence-corrected chi connectivity index (χ4v) is 1.46. The van der Waals surface area contributed by atoms with Gasteiger partial charge in [-0.25, -0.2) is 0 Å². The van der Waals surface area contributed by atoms with Crippen LogP contribution in [-0.2, 0) is 13.2 Å². The fourth-order valence-electron chi connectivity index (χ4n) is 1.46. The van der Waals surface area contributed by atoms with Gasteiger partial charge in [0.1, 0.15) is 11.5 Å². The maximum absolute atomic E-state index is 9.27. The molecule has 0 spiro atoms. The number of aliphatic hydroxyl groups is 2. The van der Waals surface area contributed by atoms with Crippen molar-refractivity contribution < 1.29 is 20.4 Å². The van der Waals surface area contributed by atoms with Gasteiger partial charge in [-0.3, -0.25) is 0 Å². The minimum Gasteiger partial charge on any atom is -0.508 e. The molecule has 0 aliphatic carbocycles. The Balaban J connectivity index is 0.000000200. The summed E-state index contributed by atoms with van der Waals surface area (Å²) in [7, 11) is 0. The summed E-state index contributed by atoms with van der Waals surface area (Å²) >= 11 is 0. The van der Waals surface area contributed by atoms with Gasteiger partial charge in [0, 0.05) is 11.1 Å². The molecule has 4 N–H and O–H groups in total. The molecule has 0 aromatic heterocycles. The Hall–Kier alpha value is -2.04. The van der Waals surface area contributed by atoms with Crippen LogP contribution in [0.4, 0.5) is 0 Å². The van der Waals surface area contributed by atoms with Crippen LogP contribution in [0.3, 0.4) is 0 Å². The lowest BCUT2D eigenvalue weighted by Gasteiger charge is -2.04. The highest BCUT2D eigenvalue weighted by Gasteiger charge is 2.03.